The summed E-state index contributed by atoms with van der Waals surface area (Å²) in [6.45, 7) is 7.25. The minimum atomic E-state index is 0.549. The van der Waals surface area contributed by atoms with Gasteiger partial charge in [-0.25, -0.2) is 0 Å². The molecule has 1 saturated heterocycles. The van der Waals surface area contributed by atoms with Gasteiger partial charge < -0.3 is 5.32 Å². The summed E-state index contributed by atoms with van der Waals surface area (Å²) >= 11 is 1.83. The number of nitrogens with one attached hydrogen (secondary N) is 1. The molecule has 1 aromatic heterocycles. The summed E-state index contributed by atoms with van der Waals surface area (Å²) in [4.78, 5) is 2.77. The highest BCUT2D eigenvalue weighted by Gasteiger charge is 2.38. The van der Waals surface area contributed by atoms with Crippen molar-refractivity contribution >= 4 is 11.3 Å². The van der Waals surface area contributed by atoms with Crippen LogP contribution in [0.15, 0.2) is 16.8 Å². The van der Waals surface area contributed by atoms with Crippen LogP contribution < -0.4 is 5.32 Å². The lowest BCUT2D eigenvalue weighted by Crippen LogP contribution is -2.40. The zero-order valence-corrected chi connectivity index (χ0v) is 12.8. The van der Waals surface area contributed by atoms with E-state index in [-0.39, 0.29) is 0 Å². The van der Waals surface area contributed by atoms with Crippen LogP contribution in [0, 0.1) is 5.41 Å². The van der Waals surface area contributed by atoms with Crippen molar-refractivity contribution in [2.24, 2.45) is 5.41 Å². The molecule has 1 aliphatic heterocycles. The van der Waals surface area contributed by atoms with Crippen LogP contribution in [0.4, 0.5) is 0 Å². The van der Waals surface area contributed by atoms with Gasteiger partial charge in [-0.1, -0.05) is 13.3 Å². The van der Waals surface area contributed by atoms with Crippen molar-refractivity contribution in [1.29, 1.82) is 0 Å². The number of hydrogen-bond donors (Lipinski definition) is 1. The summed E-state index contributed by atoms with van der Waals surface area (Å²) in [5.74, 6) is 0. The molecule has 0 aromatic carbocycles. The van der Waals surface area contributed by atoms with E-state index < -0.39 is 0 Å². The van der Waals surface area contributed by atoms with Gasteiger partial charge in [0, 0.05) is 25.7 Å². The Kier molecular flexibility index (Phi) is 4.25. The topological polar surface area (TPSA) is 15.3 Å². The maximum absolute atomic E-state index is 3.60. The van der Waals surface area contributed by atoms with Crippen molar-refractivity contribution < 1.29 is 0 Å². The minimum Gasteiger partial charge on any atom is -0.316 e. The van der Waals surface area contributed by atoms with E-state index in [1.54, 1.807) is 0 Å². The monoisotopic (exact) mass is 278 g/mol. The van der Waals surface area contributed by atoms with Gasteiger partial charge in [-0.15, -0.1) is 0 Å². The van der Waals surface area contributed by atoms with Crippen LogP contribution in [0.1, 0.15) is 44.6 Å². The van der Waals surface area contributed by atoms with E-state index in [2.05, 4.69) is 34.0 Å². The molecule has 19 heavy (non-hydrogen) atoms. The lowest BCUT2D eigenvalue weighted by atomic mass is 9.82. The average molecular weight is 278 g/mol. The lowest BCUT2D eigenvalue weighted by molar-refractivity contribution is 0.139. The summed E-state index contributed by atoms with van der Waals surface area (Å²) in [6, 6.07) is 3.16. The third-order valence-electron chi connectivity index (χ3n) is 4.68. The molecule has 1 aromatic rings. The molecule has 0 amide bonds. The van der Waals surface area contributed by atoms with Gasteiger partial charge >= 0.3 is 0 Å². The van der Waals surface area contributed by atoms with Crippen LogP contribution >= 0.6 is 11.3 Å². The Morgan fingerprint density at radius 1 is 1.47 bits per heavy atom. The van der Waals surface area contributed by atoms with Crippen LogP contribution in [-0.2, 0) is 6.54 Å². The van der Waals surface area contributed by atoms with Crippen molar-refractivity contribution in [2.45, 2.75) is 51.6 Å². The molecule has 1 unspecified atom stereocenters. The standard InChI is InChI=1S/C16H26N2S/c1-2-6-16(7-8-17-12-16)13-18(15-3-4-15)10-14-5-9-19-11-14/h5,9,11,15,17H,2-4,6-8,10,12-13H2,1H3. The third-order valence-corrected chi connectivity index (χ3v) is 5.41. The van der Waals surface area contributed by atoms with Gasteiger partial charge in [-0.2, -0.15) is 11.3 Å². The van der Waals surface area contributed by atoms with Crippen LogP contribution in [0.5, 0.6) is 0 Å². The smallest absolute Gasteiger partial charge is 0.0245 e. The molecular weight excluding hydrogens is 252 g/mol. The Labute approximate surface area is 121 Å². The second kappa shape index (κ2) is 5.94. The number of rotatable bonds is 7. The maximum Gasteiger partial charge on any atom is 0.0245 e. The number of thiophene rings is 1. The van der Waals surface area contributed by atoms with Gasteiger partial charge in [0.15, 0.2) is 0 Å². The van der Waals surface area contributed by atoms with E-state index in [4.69, 9.17) is 0 Å². The molecule has 0 radical (unpaired) electrons. The predicted octanol–water partition coefficient (Wildman–Crippen LogP) is 3.49. The summed E-state index contributed by atoms with van der Waals surface area (Å²) in [6.07, 6.45) is 6.90. The van der Waals surface area contributed by atoms with Crippen molar-refractivity contribution in [3.63, 3.8) is 0 Å². The first-order valence-electron chi connectivity index (χ1n) is 7.77. The first-order chi connectivity index (χ1) is 9.31. The molecule has 2 aliphatic rings. The quantitative estimate of drug-likeness (QED) is 0.821. The van der Waals surface area contributed by atoms with Crippen molar-refractivity contribution in [3.05, 3.63) is 22.4 Å². The SMILES string of the molecule is CCCC1(CN(Cc2ccsc2)C2CC2)CCNC1. The fraction of sp³-hybridized carbons (Fsp3) is 0.750. The second-order valence-corrected chi connectivity index (χ2v) is 7.22. The molecule has 1 aliphatic carbocycles. The van der Waals surface area contributed by atoms with Crippen LogP contribution in [0.2, 0.25) is 0 Å². The van der Waals surface area contributed by atoms with E-state index >= 15 is 0 Å². The van der Waals surface area contributed by atoms with E-state index in [0.29, 0.717) is 5.41 Å². The molecule has 1 N–H and O–H groups in total. The Bertz CT molecular complexity index is 377. The minimum absolute atomic E-state index is 0.549. The Balaban J connectivity index is 1.66. The molecule has 0 spiro atoms. The Hall–Kier alpha value is -0.380. The Morgan fingerprint density at radius 3 is 2.95 bits per heavy atom. The van der Waals surface area contributed by atoms with Gasteiger partial charge in [0.05, 0.1) is 0 Å². The highest BCUT2D eigenvalue weighted by Crippen LogP contribution is 2.37. The normalized spacial score (nSPS) is 27.3. The molecular formula is C16H26N2S. The zero-order valence-electron chi connectivity index (χ0n) is 12.0. The summed E-state index contributed by atoms with van der Waals surface area (Å²) < 4.78 is 0. The molecule has 1 atom stereocenters. The summed E-state index contributed by atoms with van der Waals surface area (Å²) in [7, 11) is 0. The molecule has 106 valence electrons. The highest BCUT2D eigenvalue weighted by molar-refractivity contribution is 7.07. The van der Waals surface area contributed by atoms with E-state index in [1.165, 1.54) is 63.8 Å². The fourth-order valence-electron chi connectivity index (χ4n) is 3.55. The van der Waals surface area contributed by atoms with Gasteiger partial charge in [-0.05, 0) is 60.0 Å². The number of hydrogen-bond acceptors (Lipinski definition) is 3. The summed E-state index contributed by atoms with van der Waals surface area (Å²) in [5, 5.41) is 8.12. The van der Waals surface area contributed by atoms with Crippen molar-refractivity contribution in [3.8, 4) is 0 Å². The van der Waals surface area contributed by atoms with Crippen molar-refractivity contribution in [1.82, 2.24) is 10.2 Å². The van der Waals surface area contributed by atoms with Gasteiger partial charge in [0.25, 0.3) is 0 Å². The number of nitrogens with zero attached hydrogens (tertiary/aromatic N) is 1. The fourth-order valence-corrected chi connectivity index (χ4v) is 4.21. The van der Waals surface area contributed by atoms with Crippen molar-refractivity contribution in [2.75, 3.05) is 19.6 Å². The van der Waals surface area contributed by atoms with E-state index in [1.807, 2.05) is 11.3 Å². The maximum atomic E-state index is 3.60. The lowest BCUT2D eigenvalue weighted by Gasteiger charge is -2.35. The first kappa shape index (κ1) is 13.6. The van der Waals surface area contributed by atoms with Gasteiger partial charge in [-0.3, -0.25) is 4.90 Å². The molecule has 2 nitrogen and oxygen atoms in total. The Morgan fingerprint density at radius 2 is 2.37 bits per heavy atom. The predicted molar refractivity (Wildman–Crippen MR) is 82.6 cm³/mol. The molecule has 3 heteroatoms. The third kappa shape index (κ3) is 3.39. The van der Waals surface area contributed by atoms with Crippen LogP contribution in [0.25, 0.3) is 0 Å². The molecule has 1 saturated carbocycles. The molecule has 2 fully saturated rings. The average Bonchev–Trinajstić information content (AvgIpc) is 2.94. The van der Waals surface area contributed by atoms with Gasteiger partial charge in [0.2, 0.25) is 0 Å². The molecule has 0 bridgehead atoms. The highest BCUT2D eigenvalue weighted by atomic mass is 32.1. The van der Waals surface area contributed by atoms with Crippen LogP contribution in [0.3, 0.4) is 0 Å². The molecule has 2 heterocycles. The first-order valence-corrected chi connectivity index (χ1v) is 8.71. The van der Waals surface area contributed by atoms with Crippen LogP contribution in [-0.4, -0.2) is 30.6 Å². The van der Waals surface area contributed by atoms with Gasteiger partial charge in [0.1, 0.15) is 0 Å². The van der Waals surface area contributed by atoms with E-state index in [0.717, 1.165) is 6.04 Å². The summed E-state index contributed by atoms with van der Waals surface area (Å²) in [5.41, 5.74) is 2.06. The molecule has 3 rings (SSSR count). The largest absolute Gasteiger partial charge is 0.316 e. The zero-order chi connectivity index (χ0) is 13.1. The van der Waals surface area contributed by atoms with E-state index in [9.17, 15) is 0 Å². The second-order valence-electron chi connectivity index (χ2n) is 6.44.